The normalized spacial score (nSPS) is 11.1. The maximum Gasteiger partial charge on any atom is 0.244 e. The Labute approximate surface area is 83.5 Å². The van der Waals surface area contributed by atoms with Crippen molar-refractivity contribution in [2.45, 2.75) is 19.4 Å². The van der Waals surface area contributed by atoms with Crippen molar-refractivity contribution in [3.63, 3.8) is 0 Å². The molecule has 5 heteroatoms. The van der Waals surface area contributed by atoms with Gasteiger partial charge in [0.15, 0.2) is 0 Å². The number of nitrogens with zero attached hydrogens (tertiary/aromatic N) is 2. The van der Waals surface area contributed by atoms with Crippen LogP contribution in [0.25, 0.3) is 0 Å². The van der Waals surface area contributed by atoms with E-state index in [9.17, 15) is 4.79 Å². The van der Waals surface area contributed by atoms with Crippen LogP contribution in [0.5, 0.6) is 0 Å². The molecule has 1 rings (SSSR count). The van der Waals surface area contributed by atoms with E-state index in [4.69, 9.17) is 0 Å². The summed E-state index contributed by atoms with van der Waals surface area (Å²) < 4.78 is 1.82. The Morgan fingerprint density at radius 3 is 2.64 bits per heavy atom. The van der Waals surface area contributed by atoms with Gasteiger partial charge >= 0.3 is 0 Å². The number of carbonyl (C=O) groups is 1. The van der Waals surface area contributed by atoms with Gasteiger partial charge < -0.3 is 15.2 Å². The summed E-state index contributed by atoms with van der Waals surface area (Å²) in [6.45, 7) is 3.61. The lowest BCUT2D eigenvalue weighted by Gasteiger charge is -2.24. The molecule has 78 valence electrons. The molecular weight excluding hydrogens is 180 g/mol. The maximum atomic E-state index is 11.5. The zero-order chi connectivity index (χ0) is 10.8. The van der Waals surface area contributed by atoms with Crippen molar-refractivity contribution >= 4 is 11.9 Å². The van der Waals surface area contributed by atoms with Crippen LogP contribution in [0.4, 0.5) is 5.95 Å². The molecule has 0 fully saturated rings. The first-order valence-electron chi connectivity index (χ1n) is 4.45. The van der Waals surface area contributed by atoms with Crippen LogP contribution >= 0.6 is 0 Å². The number of aromatic nitrogens is 2. The molecule has 1 aromatic rings. The van der Waals surface area contributed by atoms with E-state index in [1.165, 1.54) is 0 Å². The molecule has 0 spiro atoms. The van der Waals surface area contributed by atoms with Crippen molar-refractivity contribution in [2.75, 3.05) is 12.4 Å². The molecule has 0 saturated heterocycles. The minimum atomic E-state index is -0.659. The maximum absolute atomic E-state index is 11.5. The van der Waals surface area contributed by atoms with Crippen LogP contribution in [0.1, 0.15) is 13.8 Å². The van der Waals surface area contributed by atoms with Gasteiger partial charge in [-0.15, -0.1) is 0 Å². The van der Waals surface area contributed by atoms with E-state index in [-0.39, 0.29) is 5.91 Å². The van der Waals surface area contributed by atoms with E-state index in [1.54, 1.807) is 27.1 Å². The zero-order valence-corrected chi connectivity index (χ0v) is 8.96. The minimum absolute atomic E-state index is 0.0690. The SMILES string of the molecule is CNC(=O)C(C)(C)Nc1nccn1C. The monoisotopic (exact) mass is 196 g/mol. The number of anilines is 1. The highest BCUT2D eigenvalue weighted by Crippen LogP contribution is 2.11. The zero-order valence-electron chi connectivity index (χ0n) is 8.96. The number of imidazole rings is 1. The lowest BCUT2D eigenvalue weighted by molar-refractivity contribution is -0.124. The molecule has 1 aromatic heterocycles. The minimum Gasteiger partial charge on any atom is -0.357 e. The molecule has 14 heavy (non-hydrogen) atoms. The standard InChI is InChI=1S/C9H16N4O/c1-9(2,7(14)10-3)12-8-11-5-6-13(8)4/h5-6H,1-4H3,(H,10,14)(H,11,12). The fourth-order valence-corrected chi connectivity index (χ4v) is 1.13. The summed E-state index contributed by atoms with van der Waals surface area (Å²) in [5.74, 6) is 0.610. The largest absolute Gasteiger partial charge is 0.357 e. The van der Waals surface area contributed by atoms with Gasteiger partial charge in [0.25, 0.3) is 0 Å². The van der Waals surface area contributed by atoms with Crippen LogP contribution in [0, 0.1) is 0 Å². The van der Waals surface area contributed by atoms with Crippen molar-refractivity contribution in [1.29, 1.82) is 0 Å². The average Bonchev–Trinajstić information content (AvgIpc) is 2.50. The summed E-state index contributed by atoms with van der Waals surface area (Å²) in [5, 5.41) is 5.66. The number of nitrogens with one attached hydrogen (secondary N) is 2. The highest BCUT2D eigenvalue weighted by atomic mass is 16.2. The summed E-state index contributed by atoms with van der Waals surface area (Å²) in [5.41, 5.74) is -0.659. The lowest BCUT2D eigenvalue weighted by atomic mass is 10.1. The van der Waals surface area contributed by atoms with E-state index in [1.807, 2.05) is 17.8 Å². The Morgan fingerprint density at radius 1 is 1.57 bits per heavy atom. The highest BCUT2D eigenvalue weighted by molar-refractivity contribution is 5.87. The highest BCUT2D eigenvalue weighted by Gasteiger charge is 2.27. The quantitative estimate of drug-likeness (QED) is 0.733. The van der Waals surface area contributed by atoms with Gasteiger partial charge in [0.05, 0.1) is 0 Å². The van der Waals surface area contributed by atoms with E-state index < -0.39 is 5.54 Å². The van der Waals surface area contributed by atoms with Gasteiger partial charge in [0.1, 0.15) is 5.54 Å². The van der Waals surface area contributed by atoms with E-state index in [2.05, 4.69) is 15.6 Å². The lowest BCUT2D eigenvalue weighted by Crippen LogP contribution is -2.47. The molecule has 0 aromatic carbocycles. The van der Waals surface area contributed by atoms with Crippen LogP contribution in [0.2, 0.25) is 0 Å². The van der Waals surface area contributed by atoms with E-state index >= 15 is 0 Å². The number of carbonyl (C=O) groups excluding carboxylic acids is 1. The molecule has 0 aliphatic rings. The molecule has 0 aliphatic heterocycles. The van der Waals surface area contributed by atoms with Gasteiger partial charge in [-0.2, -0.15) is 0 Å². The van der Waals surface area contributed by atoms with Crippen molar-refractivity contribution in [3.05, 3.63) is 12.4 Å². The van der Waals surface area contributed by atoms with Gasteiger partial charge in [-0.25, -0.2) is 4.98 Å². The van der Waals surface area contributed by atoms with Crippen LogP contribution in [-0.4, -0.2) is 28.0 Å². The second-order valence-corrected chi connectivity index (χ2v) is 3.69. The molecule has 0 atom stereocenters. The Bertz CT molecular complexity index is 329. The van der Waals surface area contributed by atoms with Gasteiger partial charge in [0.2, 0.25) is 11.9 Å². The number of rotatable bonds is 3. The Hall–Kier alpha value is -1.52. The first-order chi connectivity index (χ1) is 6.47. The Morgan fingerprint density at radius 2 is 2.21 bits per heavy atom. The molecule has 0 bridgehead atoms. The number of aryl methyl sites for hydroxylation is 1. The van der Waals surface area contributed by atoms with Crippen molar-refractivity contribution < 1.29 is 4.79 Å². The Balaban J connectivity index is 2.78. The first kappa shape index (κ1) is 10.6. The summed E-state index contributed by atoms with van der Waals surface area (Å²) in [6, 6.07) is 0. The summed E-state index contributed by atoms with van der Waals surface area (Å²) in [6.07, 6.45) is 3.50. The molecule has 0 saturated carbocycles. The van der Waals surface area contributed by atoms with Gasteiger partial charge in [-0.05, 0) is 13.8 Å². The van der Waals surface area contributed by atoms with E-state index in [0.29, 0.717) is 5.95 Å². The predicted molar refractivity (Wildman–Crippen MR) is 55.0 cm³/mol. The number of likely N-dealkylation sites (N-methyl/N-ethyl adjacent to an activating group) is 1. The summed E-state index contributed by atoms with van der Waals surface area (Å²) in [4.78, 5) is 15.5. The smallest absolute Gasteiger partial charge is 0.244 e. The van der Waals surface area contributed by atoms with Gasteiger partial charge in [0, 0.05) is 26.5 Å². The van der Waals surface area contributed by atoms with Crippen LogP contribution in [-0.2, 0) is 11.8 Å². The third-order valence-electron chi connectivity index (χ3n) is 2.04. The van der Waals surface area contributed by atoms with Crippen molar-refractivity contribution in [1.82, 2.24) is 14.9 Å². The molecule has 2 N–H and O–H groups in total. The van der Waals surface area contributed by atoms with Crippen LogP contribution < -0.4 is 10.6 Å². The first-order valence-corrected chi connectivity index (χ1v) is 4.45. The fraction of sp³-hybridized carbons (Fsp3) is 0.556. The van der Waals surface area contributed by atoms with Gasteiger partial charge in [-0.3, -0.25) is 4.79 Å². The third-order valence-corrected chi connectivity index (χ3v) is 2.04. The van der Waals surface area contributed by atoms with Crippen LogP contribution in [0.3, 0.4) is 0 Å². The molecule has 5 nitrogen and oxygen atoms in total. The van der Waals surface area contributed by atoms with Gasteiger partial charge in [-0.1, -0.05) is 0 Å². The molecule has 0 aliphatic carbocycles. The second-order valence-electron chi connectivity index (χ2n) is 3.69. The predicted octanol–water partition coefficient (Wildman–Crippen LogP) is 0.357. The molecule has 1 amide bonds. The fourth-order valence-electron chi connectivity index (χ4n) is 1.13. The average molecular weight is 196 g/mol. The number of amides is 1. The molecule has 0 radical (unpaired) electrons. The van der Waals surface area contributed by atoms with E-state index in [0.717, 1.165) is 0 Å². The molecule has 1 heterocycles. The topological polar surface area (TPSA) is 59.0 Å². The summed E-state index contributed by atoms with van der Waals surface area (Å²) >= 11 is 0. The van der Waals surface area contributed by atoms with Crippen molar-refractivity contribution in [3.8, 4) is 0 Å². The third kappa shape index (κ3) is 2.04. The van der Waals surface area contributed by atoms with Crippen molar-refractivity contribution in [2.24, 2.45) is 7.05 Å². The number of hydrogen-bond acceptors (Lipinski definition) is 3. The molecule has 0 unspecified atom stereocenters. The molecular formula is C9H16N4O. The Kier molecular flexibility index (Phi) is 2.78. The van der Waals surface area contributed by atoms with Crippen LogP contribution in [0.15, 0.2) is 12.4 Å². The second kappa shape index (κ2) is 3.69. The summed E-state index contributed by atoms with van der Waals surface area (Å²) in [7, 11) is 3.49. The number of hydrogen-bond donors (Lipinski definition) is 2.